The molecule has 0 bridgehead atoms. The summed E-state index contributed by atoms with van der Waals surface area (Å²) < 4.78 is 4.53. The summed E-state index contributed by atoms with van der Waals surface area (Å²) in [6.45, 7) is 2.19. The van der Waals surface area contributed by atoms with Gasteiger partial charge in [0, 0.05) is 24.0 Å². The van der Waals surface area contributed by atoms with Crippen LogP contribution in [0, 0.1) is 11.1 Å². The molecule has 1 aliphatic carbocycles. The highest BCUT2D eigenvalue weighted by Gasteiger charge is 2.60. The molecule has 16 heavy (non-hydrogen) atoms. The molecule has 3 atom stereocenters. The Labute approximate surface area is 91.4 Å². The van der Waals surface area contributed by atoms with Gasteiger partial charge in [0.15, 0.2) is 5.60 Å². The molecule has 0 radical (unpaired) electrons. The molecule has 88 valence electrons. The zero-order chi connectivity index (χ0) is 11.5. The summed E-state index contributed by atoms with van der Waals surface area (Å²) in [5.41, 5.74) is -0.620. The summed E-state index contributed by atoms with van der Waals surface area (Å²) in [5.74, 6) is -0.188. The molecular weight excluding hydrogens is 214 g/mol. The maximum Gasteiger partial charge on any atom is 0.254 e. The van der Waals surface area contributed by atoms with Crippen LogP contribution in [0.2, 0.25) is 0 Å². The Morgan fingerprint density at radius 2 is 2.44 bits per heavy atom. The maximum atomic E-state index is 11.3. The molecule has 0 unspecified atom stereocenters. The minimum absolute atomic E-state index is 0.188. The summed E-state index contributed by atoms with van der Waals surface area (Å²) in [5, 5.41) is 36.4. The van der Waals surface area contributed by atoms with E-state index in [4.69, 9.17) is 0 Å². The lowest BCUT2D eigenvalue weighted by atomic mass is 9.76. The topological polar surface area (TPSA) is 96.7 Å². The zero-order valence-electron chi connectivity index (χ0n) is 8.83. The molecule has 7 heteroatoms. The molecule has 7 nitrogen and oxygen atoms in total. The van der Waals surface area contributed by atoms with Gasteiger partial charge in [-0.3, -0.25) is 4.63 Å². The smallest absolute Gasteiger partial charge is 0.254 e. The quantitative estimate of drug-likeness (QED) is 0.560. The third kappa shape index (κ3) is 0.977. The molecule has 1 fully saturated rings. The minimum atomic E-state index is -1.28. The third-order valence-electron chi connectivity index (χ3n) is 3.81. The molecule has 1 saturated heterocycles. The van der Waals surface area contributed by atoms with Crippen LogP contribution in [0.1, 0.15) is 24.7 Å². The van der Waals surface area contributed by atoms with Gasteiger partial charge in [-0.25, -0.2) is 0 Å². The second-order valence-corrected chi connectivity index (χ2v) is 4.63. The lowest BCUT2D eigenvalue weighted by molar-refractivity contribution is -0.808. The fraction of sp³-hybridized carbons (Fsp3) is 0.778. The van der Waals surface area contributed by atoms with Gasteiger partial charge in [0.2, 0.25) is 5.69 Å². The Morgan fingerprint density at radius 1 is 1.69 bits per heavy atom. The van der Waals surface area contributed by atoms with E-state index < -0.39 is 11.6 Å². The first-order valence-electron chi connectivity index (χ1n) is 5.32. The van der Waals surface area contributed by atoms with Crippen molar-refractivity contribution in [2.24, 2.45) is 5.92 Å². The molecular formula is C9H13N3O4. The predicted molar refractivity (Wildman–Crippen MR) is 49.1 cm³/mol. The number of fused-ring (bicyclic) bond motifs is 3. The van der Waals surface area contributed by atoms with Crippen LogP contribution in [0.4, 0.5) is 0 Å². The predicted octanol–water partition coefficient (Wildman–Crippen LogP) is -0.849. The molecule has 0 saturated carbocycles. The van der Waals surface area contributed by atoms with Gasteiger partial charge in [0.1, 0.15) is 0 Å². The van der Waals surface area contributed by atoms with Crippen LogP contribution in [0.25, 0.3) is 0 Å². The minimum Gasteiger partial charge on any atom is -0.379 e. The van der Waals surface area contributed by atoms with Gasteiger partial charge in [0.05, 0.1) is 6.04 Å². The van der Waals surface area contributed by atoms with E-state index in [1.165, 1.54) is 0 Å². The summed E-state index contributed by atoms with van der Waals surface area (Å²) >= 11 is 0. The maximum absolute atomic E-state index is 11.3. The molecule has 0 amide bonds. The van der Waals surface area contributed by atoms with Crippen LogP contribution in [0.5, 0.6) is 0 Å². The Balaban J connectivity index is 2.16. The molecule has 0 aromatic carbocycles. The molecule has 2 heterocycles. The van der Waals surface area contributed by atoms with E-state index in [2.05, 4.69) is 9.79 Å². The van der Waals surface area contributed by atoms with E-state index in [1.54, 1.807) is 0 Å². The van der Waals surface area contributed by atoms with Gasteiger partial charge in [-0.05, 0) is 11.3 Å². The van der Waals surface area contributed by atoms with Crippen molar-refractivity contribution >= 4 is 0 Å². The number of hydrogen-bond acceptors (Lipinski definition) is 6. The van der Waals surface area contributed by atoms with Gasteiger partial charge >= 0.3 is 0 Å². The van der Waals surface area contributed by atoms with Gasteiger partial charge in [-0.15, -0.1) is 0 Å². The molecule has 1 aromatic rings. The number of aliphatic hydroxyl groups is 1. The summed E-state index contributed by atoms with van der Waals surface area (Å²) in [6, 6.07) is -0.403. The average molecular weight is 227 g/mol. The van der Waals surface area contributed by atoms with Crippen molar-refractivity contribution in [2.45, 2.75) is 31.4 Å². The molecule has 2 N–H and O–H groups in total. The van der Waals surface area contributed by atoms with E-state index in [0.717, 1.165) is 5.06 Å². The number of hydroxylamine groups is 2. The van der Waals surface area contributed by atoms with Crippen LogP contribution in [0.15, 0.2) is 4.63 Å². The standard InChI is InChI=1S/C9H13N3O4/c1-5-4-11(14)7-3-2-6-8(9(5,7)13)10-16-12(6)15/h5,7,13-14H,2-4H2,1H3/t5-,7-,9-/m1/s1. The Kier molecular flexibility index (Phi) is 1.84. The van der Waals surface area contributed by atoms with Crippen molar-refractivity contribution in [3.05, 3.63) is 16.6 Å². The van der Waals surface area contributed by atoms with Gasteiger partial charge < -0.3 is 15.5 Å². The van der Waals surface area contributed by atoms with Crippen molar-refractivity contribution in [3.63, 3.8) is 0 Å². The highest BCUT2D eigenvalue weighted by Crippen LogP contribution is 2.45. The van der Waals surface area contributed by atoms with Crippen molar-refractivity contribution in [2.75, 3.05) is 6.54 Å². The SMILES string of the molecule is C[C@@H]1CN(O)[C@@H]2CCc3c(no[n+]3[O-])[C@@]12O. The van der Waals surface area contributed by atoms with Crippen LogP contribution in [-0.2, 0) is 12.0 Å². The van der Waals surface area contributed by atoms with Crippen molar-refractivity contribution in [3.8, 4) is 0 Å². The second kappa shape index (κ2) is 2.93. The first-order valence-corrected chi connectivity index (χ1v) is 5.32. The molecule has 0 spiro atoms. The fourth-order valence-electron chi connectivity index (χ4n) is 2.92. The molecule has 2 aliphatic rings. The Hall–Kier alpha value is -1.18. The average Bonchev–Trinajstić information content (AvgIpc) is 2.70. The Bertz CT molecular complexity index is 434. The van der Waals surface area contributed by atoms with Gasteiger partial charge in [-0.2, -0.15) is 5.06 Å². The van der Waals surface area contributed by atoms with Crippen molar-refractivity contribution < 1.29 is 19.8 Å². The van der Waals surface area contributed by atoms with Gasteiger partial charge in [0.25, 0.3) is 5.69 Å². The lowest BCUT2D eigenvalue weighted by Crippen LogP contribution is -2.49. The number of aromatic nitrogens is 2. The summed E-state index contributed by atoms with van der Waals surface area (Å²) in [7, 11) is 0. The molecule has 3 rings (SSSR count). The molecule has 1 aromatic heterocycles. The van der Waals surface area contributed by atoms with Gasteiger partial charge in [-0.1, -0.05) is 6.92 Å². The molecule has 1 aliphatic heterocycles. The van der Waals surface area contributed by atoms with E-state index >= 15 is 0 Å². The number of hydrogen-bond donors (Lipinski definition) is 2. The lowest BCUT2D eigenvalue weighted by Gasteiger charge is -2.33. The van der Waals surface area contributed by atoms with Crippen LogP contribution >= 0.6 is 0 Å². The van der Waals surface area contributed by atoms with Crippen LogP contribution < -0.4 is 4.90 Å². The van der Waals surface area contributed by atoms with E-state index in [-0.39, 0.29) is 11.6 Å². The fourth-order valence-corrected chi connectivity index (χ4v) is 2.92. The number of nitrogens with zero attached hydrogens (tertiary/aromatic N) is 3. The van der Waals surface area contributed by atoms with E-state index in [9.17, 15) is 15.5 Å². The van der Waals surface area contributed by atoms with Crippen LogP contribution in [-0.4, -0.2) is 33.1 Å². The highest BCUT2D eigenvalue weighted by molar-refractivity contribution is 5.25. The van der Waals surface area contributed by atoms with E-state index in [1.807, 2.05) is 6.92 Å². The normalized spacial score (nSPS) is 38.4. The van der Waals surface area contributed by atoms with Crippen LogP contribution in [0.3, 0.4) is 0 Å². The summed E-state index contributed by atoms with van der Waals surface area (Å²) in [6.07, 6.45) is 0.979. The second-order valence-electron chi connectivity index (χ2n) is 4.63. The zero-order valence-corrected chi connectivity index (χ0v) is 8.83. The largest absolute Gasteiger partial charge is 0.379 e. The number of rotatable bonds is 0. The first kappa shape index (κ1) is 10.0. The summed E-state index contributed by atoms with van der Waals surface area (Å²) in [4.78, 5) is 0.344. The van der Waals surface area contributed by atoms with Crippen molar-refractivity contribution in [1.29, 1.82) is 0 Å². The Morgan fingerprint density at radius 3 is 3.19 bits per heavy atom. The first-order chi connectivity index (χ1) is 7.55. The van der Waals surface area contributed by atoms with E-state index in [0.29, 0.717) is 30.0 Å². The van der Waals surface area contributed by atoms with Crippen molar-refractivity contribution in [1.82, 2.24) is 10.2 Å². The third-order valence-corrected chi connectivity index (χ3v) is 3.81. The monoisotopic (exact) mass is 227 g/mol. The highest BCUT2D eigenvalue weighted by atomic mass is 16.8.